The lowest BCUT2D eigenvalue weighted by molar-refractivity contribution is 0.355. The van der Waals surface area contributed by atoms with Crippen molar-refractivity contribution in [1.82, 2.24) is 5.32 Å². The minimum absolute atomic E-state index is 0. The summed E-state index contributed by atoms with van der Waals surface area (Å²) in [6.07, 6.45) is 0. The van der Waals surface area contributed by atoms with Crippen molar-refractivity contribution in [1.29, 1.82) is 0 Å². The van der Waals surface area contributed by atoms with Gasteiger partial charge in [0.25, 0.3) is 0 Å². The van der Waals surface area contributed by atoms with Crippen LogP contribution in [0.25, 0.3) is 0 Å². The molecule has 0 saturated carbocycles. The Hall–Kier alpha value is -2.10. The van der Waals surface area contributed by atoms with Crippen molar-refractivity contribution in [3.8, 4) is 11.5 Å². The first-order valence-corrected chi connectivity index (χ1v) is 7.21. The quantitative estimate of drug-likeness (QED) is 0.403. The molecule has 0 aliphatic rings. The molecule has 0 amide bonds. The standard InChI is InChI=1S/C17H19F2N3O2.HI/c1-20-17(21-10-11-8-12(18)4-6-14(11)19)22-13-5-7-15(23-2)16(9-13)24-3;/h4-9H,10H2,1-3H3,(H2,20,21,22);1H. The molecule has 0 radical (unpaired) electrons. The highest BCUT2D eigenvalue weighted by molar-refractivity contribution is 14.0. The third-order valence-corrected chi connectivity index (χ3v) is 3.32. The lowest BCUT2D eigenvalue weighted by Gasteiger charge is -2.14. The zero-order valence-electron chi connectivity index (χ0n) is 14.1. The molecular formula is C17H20F2IN3O2. The first-order chi connectivity index (χ1) is 11.6. The van der Waals surface area contributed by atoms with E-state index in [-0.39, 0.29) is 36.1 Å². The summed E-state index contributed by atoms with van der Waals surface area (Å²) in [7, 11) is 4.68. The molecule has 0 unspecified atom stereocenters. The highest BCUT2D eigenvalue weighted by Crippen LogP contribution is 2.29. The number of guanidine groups is 1. The van der Waals surface area contributed by atoms with Crippen LogP contribution < -0.4 is 20.1 Å². The maximum atomic E-state index is 13.6. The fourth-order valence-corrected chi connectivity index (χ4v) is 2.09. The van der Waals surface area contributed by atoms with Gasteiger partial charge in [0, 0.05) is 30.9 Å². The highest BCUT2D eigenvalue weighted by atomic mass is 127. The van der Waals surface area contributed by atoms with E-state index in [4.69, 9.17) is 9.47 Å². The van der Waals surface area contributed by atoms with Gasteiger partial charge in [-0.3, -0.25) is 4.99 Å². The SMILES string of the molecule is CN=C(NCc1cc(F)ccc1F)Nc1ccc(OC)c(OC)c1.I. The average molecular weight is 463 g/mol. The number of halogens is 3. The highest BCUT2D eigenvalue weighted by Gasteiger charge is 2.08. The van der Waals surface area contributed by atoms with Crippen LogP contribution in [0.2, 0.25) is 0 Å². The molecule has 25 heavy (non-hydrogen) atoms. The van der Waals surface area contributed by atoms with E-state index in [0.717, 1.165) is 18.2 Å². The summed E-state index contributed by atoms with van der Waals surface area (Å²) in [5, 5.41) is 5.97. The molecule has 5 nitrogen and oxygen atoms in total. The summed E-state index contributed by atoms with van der Waals surface area (Å²) in [6, 6.07) is 8.60. The van der Waals surface area contributed by atoms with Crippen molar-refractivity contribution < 1.29 is 18.3 Å². The Morgan fingerprint density at radius 3 is 2.40 bits per heavy atom. The minimum Gasteiger partial charge on any atom is -0.493 e. The van der Waals surface area contributed by atoms with Gasteiger partial charge in [-0.1, -0.05) is 0 Å². The Labute approximate surface area is 162 Å². The Bertz CT molecular complexity index is 742. The number of rotatable bonds is 5. The van der Waals surface area contributed by atoms with Crippen molar-refractivity contribution in [2.45, 2.75) is 6.54 Å². The topological polar surface area (TPSA) is 54.9 Å². The molecule has 2 aromatic carbocycles. The number of ether oxygens (including phenoxy) is 2. The molecule has 2 N–H and O–H groups in total. The first-order valence-electron chi connectivity index (χ1n) is 7.21. The average Bonchev–Trinajstić information content (AvgIpc) is 2.60. The predicted molar refractivity (Wildman–Crippen MR) is 105 cm³/mol. The number of anilines is 1. The van der Waals surface area contributed by atoms with Crippen molar-refractivity contribution >= 4 is 35.6 Å². The van der Waals surface area contributed by atoms with E-state index in [1.54, 1.807) is 39.5 Å². The number of aliphatic imine (C=N–C) groups is 1. The lowest BCUT2D eigenvalue weighted by Crippen LogP contribution is -2.30. The monoisotopic (exact) mass is 463 g/mol. The second kappa shape index (κ2) is 10.0. The molecule has 0 atom stereocenters. The van der Waals surface area contributed by atoms with Crippen molar-refractivity contribution in [3.63, 3.8) is 0 Å². The van der Waals surface area contributed by atoms with E-state index >= 15 is 0 Å². The van der Waals surface area contributed by atoms with Gasteiger partial charge in [-0.05, 0) is 30.3 Å². The van der Waals surface area contributed by atoms with Gasteiger partial charge in [0.05, 0.1) is 14.2 Å². The summed E-state index contributed by atoms with van der Waals surface area (Å²) in [4.78, 5) is 4.05. The third kappa shape index (κ3) is 5.73. The van der Waals surface area contributed by atoms with Gasteiger partial charge in [0.2, 0.25) is 0 Å². The summed E-state index contributed by atoms with van der Waals surface area (Å²) in [5.74, 6) is 0.606. The second-order valence-electron chi connectivity index (χ2n) is 4.86. The Balaban J connectivity index is 0.00000312. The van der Waals surface area contributed by atoms with Gasteiger partial charge in [-0.25, -0.2) is 8.78 Å². The normalized spacial score (nSPS) is 10.7. The molecular weight excluding hydrogens is 443 g/mol. The smallest absolute Gasteiger partial charge is 0.195 e. The van der Waals surface area contributed by atoms with Crippen LogP contribution in [-0.2, 0) is 6.54 Å². The molecule has 0 aliphatic heterocycles. The van der Waals surface area contributed by atoms with Crippen LogP contribution in [0.15, 0.2) is 41.4 Å². The summed E-state index contributed by atoms with van der Waals surface area (Å²) in [5.41, 5.74) is 0.922. The number of nitrogens with one attached hydrogen (secondary N) is 2. The van der Waals surface area contributed by atoms with Crippen LogP contribution in [0, 0.1) is 11.6 Å². The van der Waals surface area contributed by atoms with Crippen LogP contribution in [0.3, 0.4) is 0 Å². The Morgan fingerprint density at radius 1 is 1.04 bits per heavy atom. The van der Waals surface area contributed by atoms with Crippen LogP contribution in [0.5, 0.6) is 11.5 Å². The molecule has 0 spiro atoms. The van der Waals surface area contributed by atoms with Gasteiger partial charge in [-0.15, -0.1) is 24.0 Å². The summed E-state index contributed by atoms with van der Waals surface area (Å²) < 4.78 is 37.2. The largest absolute Gasteiger partial charge is 0.493 e. The molecule has 0 fully saturated rings. The van der Waals surface area contributed by atoms with Crippen molar-refractivity contribution in [2.75, 3.05) is 26.6 Å². The van der Waals surface area contributed by atoms with Gasteiger partial charge in [0.15, 0.2) is 17.5 Å². The predicted octanol–water partition coefficient (Wildman–Crippen LogP) is 3.79. The van der Waals surface area contributed by atoms with Crippen molar-refractivity contribution in [2.24, 2.45) is 4.99 Å². The third-order valence-electron chi connectivity index (χ3n) is 3.32. The van der Waals surface area contributed by atoms with Gasteiger partial charge < -0.3 is 20.1 Å². The second-order valence-corrected chi connectivity index (χ2v) is 4.86. The van der Waals surface area contributed by atoms with E-state index in [1.807, 2.05) is 0 Å². The molecule has 8 heteroatoms. The summed E-state index contributed by atoms with van der Waals surface area (Å²) in [6.45, 7) is 0.0938. The van der Waals surface area contributed by atoms with Gasteiger partial charge in [0.1, 0.15) is 11.6 Å². The molecule has 2 rings (SSSR count). The fourth-order valence-electron chi connectivity index (χ4n) is 2.09. The molecule has 0 bridgehead atoms. The van der Waals surface area contributed by atoms with E-state index in [9.17, 15) is 8.78 Å². The number of hydrogen-bond acceptors (Lipinski definition) is 3. The van der Waals surface area contributed by atoms with E-state index in [1.165, 1.54) is 0 Å². The van der Waals surface area contributed by atoms with E-state index in [2.05, 4.69) is 15.6 Å². The zero-order chi connectivity index (χ0) is 17.5. The number of nitrogens with zero attached hydrogens (tertiary/aromatic N) is 1. The zero-order valence-corrected chi connectivity index (χ0v) is 16.4. The van der Waals surface area contributed by atoms with Gasteiger partial charge in [-0.2, -0.15) is 0 Å². The van der Waals surface area contributed by atoms with E-state index in [0.29, 0.717) is 23.1 Å². The molecule has 0 heterocycles. The van der Waals surface area contributed by atoms with Crippen LogP contribution in [-0.4, -0.2) is 27.2 Å². The Kier molecular flexibility index (Phi) is 8.39. The minimum atomic E-state index is -0.490. The van der Waals surface area contributed by atoms with Crippen LogP contribution in [0.4, 0.5) is 14.5 Å². The number of methoxy groups -OCH3 is 2. The van der Waals surface area contributed by atoms with Crippen LogP contribution >= 0.6 is 24.0 Å². The summed E-state index contributed by atoms with van der Waals surface area (Å²) >= 11 is 0. The molecule has 2 aromatic rings. The molecule has 0 aliphatic carbocycles. The van der Waals surface area contributed by atoms with Crippen molar-refractivity contribution in [3.05, 3.63) is 53.6 Å². The van der Waals surface area contributed by atoms with E-state index < -0.39 is 11.6 Å². The molecule has 136 valence electrons. The Morgan fingerprint density at radius 2 is 1.76 bits per heavy atom. The molecule has 0 aromatic heterocycles. The number of hydrogen-bond donors (Lipinski definition) is 2. The van der Waals surface area contributed by atoms with Crippen LogP contribution in [0.1, 0.15) is 5.56 Å². The lowest BCUT2D eigenvalue weighted by atomic mass is 10.2. The van der Waals surface area contributed by atoms with Gasteiger partial charge >= 0.3 is 0 Å². The maximum Gasteiger partial charge on any atom is 0.195 e. The fraction of sp³-hybridized carbons (Fsp3) is 0.235. The molecule has 0 saturated heterocycles. The maximum absolute atomic E-state index is 13.6. The first kappa shape index (κ1) is 20.9. The number of benzene rings is 2.